The van der Waals surface area contributed by atoms with Crippen LogP contribution < -0.4 is 0 Å². The predicted molar refractivity (Wildman–Crippen MR) is 78.6 cm³/mol. The molecule has 5 heteroatoms. The fraction of sp³-hybridized carbons (Fsp3) is 0.562. The van der Waals surface area contributed by atoms with Gasteiger partial charge in [0.05, 0.1) is 0 Å². The van der Waals surface area contributed by atoms with Crippen LogP contribution in [-0.2, 0) is 11.3 Å². The van der Waals surface area contributed by atoms with Crippen LogP contribution in [0.3, 0.4) is 0 Å². The number of hydrogen-bond acceptors (Lipinski definition) is 4. The van der Waals surface area contributed by atoms with E-state index < -0.39 is 0 Å². The van der Waals surface area contributed by atoms with E-state index in [9.17, 15) is 15.0 Å². The molecule has 2 N–H and O–H groups in total. The van der Waals surface area contributed by atoms with E-state index in [2.05, 4.69) is 0 Å². The highest BCUT2D eigenvalue weighted by atomic mass is 16.6. The zero-order valence-corrected chi connectivity index (χ0v) is 12.1. The third-order valence-electron chi connectivity index (χ3n) is 4.14. The lowest BCUT2D eigenvalue weighted by Crippen LogP contribution is -2.41. The van der Waals surface area contributed by atoms with Gasteiger partial charge >= 0.3 is 6.09 Å². The molecule has 0 bridgehead atoms. The number of aliphatic hydroxyl groups excluding tert-OH is 2. The summed E-state index contributed by atoms with van der Waals surface area (Å²) in [6, 6.07) is 9.60. The van der Waals surface area contributed by atoms with Gasteiger partial charge in [-0.3, -0.25) is 0 Å². The van der Waals surface area contributed by atoms with E-state index in [1.165, 1.54) is 0 Å². The third-order valence-corrected chi connectivity index (χ3v) is 4.14. The molecule has 1 aromatic carbocycles. The van der Waals surface area contributed by atoms with Crippen LogP contribution in [0.4, 0.5) is 4.79 Å². The van der Waals surface area contributed by atoms with Crippen LogP contribution in [0.1, 0.15) is 18.4 Å². The van der Waals surface area contributed by atoms with Crippen molar-refractivity contribution in [2.45, 2.75) is 19.4 Å². The Kier molecular flexibility index (Phi) is 6.02. The monoisotopic (exact) mass is 293 g/mol. The van der Waals surface area contributed by atoms with Gasteiger partial charge in [0, 0.05) is 32.2 Å². The molecule has 1 saturated heterocycles. The van der Waals surface area contributed by atoms with Crippen molar-refractivity contribution in [3.05, 3.63) is 35.9 Å². The number of likely N-dealkylation sites (tertiary alicyclic amines) is 1. The van der Waals surface area contributed by atoms with Gasteiger partial charge in [0.1, 0.15) is 6.61 Å². The predicted octanol–water partition coefficient (Wildman–Crippen LogP) is 1.64. The SMILES string of the molecule is O=C(OCc1ccccc1)N1CCC(C(CO)CO)CC1. The highest BCUT2D eigenvalue weighted by Gasteiger charge is 2.28. The molecule has 1 aliphatic rings. The molecule has 1 aromatic rings. The summed E-state index contributed by atoms with van der Waals surface area (Å²) in [6.45, 7) is 1.53. The van der Waals surface area contributed by atoms with Gasteiger partial charge in [-0.1, -0.05) is 30.3 Å². The first-order valence-electron chi connectivity index (χ1n) is 7.42. The molecule has 0 atom stereocenters. The summed E-state index contributed by atoms with van der Waals surface area (Å²) < 4.78 is 5.30. The van der Waals surface area contributed by atoms with E-state index in [-0.39, 0.29) is 37.7 Å². The number of ether oxygens (including phenoxy) is 1. The topological polar surface area (TPSA) is 70.0 Å². The minimum atomic E-state index is -0.290. The van der Waals surface area contributed by atoms with Gasteiger partial charge in [-0.25, -0.2) is 4.79 Å². The number of carbonyl (C=O) groups is 1. The van der Waals surface area contributed by atoms with Crippen molar-refractivity contribution < 1.29 is 19.7 Å². The first-order valence-corrected chi connectivity index (χ1v) is 7.42. The molecule has 21 heavy (non-hydrogen) atoms. The lowest BCUT2D eigenvalue weighted by atomic mass is 9.85. The molecule has 0 unspecified atom stereocenters. The maximum atomic E-state index is 12.0. The van der Waals surface area contributed by atoms with Gasteiger partial charge in [-0.15, -0.1) is 0 Å². The maximum Gasteiger partial charge on any atom is 0.410 e. The van der Waals surface area contributed by atoms with Crippen LogP contribution in [0.5, 0.6) is 0 Å². The molecule has 1 fully saturated rings. The van der Waals surface area contributed by atoms with Crippen molar-refractivity contribution in [1.29, 1.82) is 0 Å². The van der Waals surface area contributed by atoms with Gasteiger partial charge in [0.2, 0.25) is 0 Å². The highest BCUT2D eigenvalue weighted by molar-refractivity contribution is 5.67. The molecule has 0 aromatic heterocycles. The zero-order chi connectivity index (χ0) is 15.1. The first-order chi connectivity index (χ1) is 10.2. The van der Waals surface area contributed by atoms with E-state index in [4.69, 9.17) is 4.74 Å². The van der Waals surface area contributed by atoms with Crippen molar-refractivity contribution in [1.82, 2.24) is 4.90 Å². The number of benzene rings is 1. The second-order valence-corrected chi connectivity index (χ2v) is 5.49. The number of amides is 1. The Balaban J connectivity index is 1.75. The van der Waals surface area contributed by atoms with E-state index >= 15 is 0 Å². The second-order valence-electron chi connectivity index (χ2n) is 5.49. The Morgan fingerprint density at radius 3 is 2.38 bits per heavy atom. The summed E-state index contributed by atoms with van der Waals surface area (Å²) in [5.41, 5.74) is 0.973. The van der Waals surface area contributed by atoms with Crippen molar-refractivity contribution in [2.24, 2.45) is 11.8 Å². The quantitative estimate of drug-likeness (QED) is 0.866. The van der Waals surface area contributed by atoms with Crippen LogP contribution in [0.15, 0.2) is 30.3 Å². The van der Waals surface area contributed by atoms with Crippen LogP contribution in [-0.4, -0.2) is 47.5 Å². The Labute approximate surface area is 125 Å². The summed E-state index contributed by atoms with van der Waals surface area (Å²) in [7, 11) is 0. The molecule has 5 nitrogen and oxygen atoms in total. The average Bonchev–Trinajstić information content (AvgIpc) is 2.55. The molecule has 1 heterocycles. The Morgan fingerprint density at radius 1 is 1.19 bits per heavy atom. The molecular weight excluding hydrogens is 270 g/mol. The third kappa shape index (κ3) is 4.44. The lowest BCUT2D eigenvalue weighted by molar-refractivity contribution is 0.0518. The number of carbonyl (C=O) groups excluding carboxylic acids is 1. The first kappa shape index (κ1) is 15.8. The normalized spacial score (nSPS) is 16.2. The van der Waals surface area contributed by atoms with Crippen molar-refractivity contribution in [3.8, 4) is 0 Å². The maximum absolute atomic E-state index is 12.0. The van der Waals surface area contributed by atoms with E-state index in [1.807, 2.05) is 30.3 Å². The number of aliphatic hydroxyl groups is 2. The molecule has 0 spiro atoms. The van der Waals surface area contributed by atoms with Crippen LogP contribution >= 0.6 is 0 Å². The van der Waals surface area contributed by atoms with Crippen molar-refractivity contribution in [3.63, 3.8) is 0 Å². The van der Waals surface area contributed by atoms with Gasteiger partial charge in [-0.05, 0) is 24.3 Å². The van der Waals surface area contributed by atoms with E-state index in [1.54, 1.807) is 4.90 Å². The summed E-state index contributed by atoms with van der Waals surface area (Å²) in [5, 5.41) is 18.4. The highest BCUT2D eigenvalue weighted by Crippen LogP contribution is 2.25. The summed E-state index contributed by atoms with van der Waals surface area (Å²) in [5.74, 6) is 0.200. The van der Waals surface area contributed by atoms with Crippen LogP contribution in [0.2, 0.25) is 0 Å². The summed E-state index contributed by atoms with van der Waals surface area (Å²) in [6.07, 6.45) is 1.31. The molecule has 0 aliphatic carbocycles. The minimum absolute atomic E-state index is 0.000377. The molecule has 1 aliphatic heterocycles. The zero-order valence-electron chi connectivity index (χ0n) is 12.1. The molecule has 2 rings (SSSR count). The van der Waals surface area contributed by atoms with Crippen molar-refractivity contribution in [2.75, 3.05) is 26.3 Å². The summed E-state index contributed by atoms with van der Waals surface area (Å²) >= 11 is 0. The Morgan fingerprint density at radius 2 is 1.81 bits per heavy atom. The smallest absolute Gasteiger partial charge is 0.410 e. The lowest BCUT2D eigenvalue weighted by Gasteiger charge is -2.34. The summed E-state index contributed by atoms with van der Waals surface area (Å²) in [4.78, 5) is 13.7. The number of rotatable bonds is 5. The number of hydrogen-bond donors (Lipinski definition) is 2. The Bertz CT molecular complexity index is 425. The number of piperidine rings is 1. The molecule has 1 amide bonds. The average molecular weight is 293 g/mol. The molecular formula is C16H23NO4. The van der Waals surface area contributed by atoms with Gasteiger partial charge in [0.15, 0.2) is 0 Å². The Hall–Kier alpha value is -1.59. The van der Waals surface area contributed by atoms with E-state index in [0.717, 1.165) is 18.4 Å². The van der Waals surface area contributed by atoms with Gasteiger partial charge in [-0.2, -0.15) is 0 Å². The van der Waals surface area contributed by atoms with Gasteiger partial charge in [0.25, 0.3) is 0 Å². The standard InChI is InChI=1S/C16H23NO4/c18-10-15(11-19)14-6-8-17(9-7-14)16(20)21-12-13-4-2-1-3-5-13/h1-5,14-15,18-19H,6-12H2. The van der Waals surface area contributed by atoms with Gasteiger partial charge < -0.3 is 19.8 Å². The fourth-order valence-corrected chi connectivity index (χ4v) is 2.72. The number of nitrogens with zero attached hydrogens (tertiary/aromatic N) is 1. The molecule has 116 valence electrons. The fourth-order valence-electron chi connectivity index (χ4n) is 2.72. The second kappa shape index (κ2) is 8.00. The van der Waals surface area contributed by atoms with E-state index in [0.29, 0.717) is 13.1 Å². The van der Waals surface area contributed by atoms with Crippen LogP contribution in [0.25, 0.3) is 0 Å². The largest absolute Gasteiger partial charge is 0.445 e. The van der Waals surface area contributed by atoms with Crippen LogP contribution in [0, 0.1) is 11.8 Å². The minimum Gasteiger partial charge on any atom is -0.445 e. The molecule has 0 saturated carbocycles. The molecule has 0 radical (unpaired) electrons. The van der Waals surface area contributed by atoms with Crippen molar-refractivity contribution >= 4 is 6.09 Å².